The zero-order chi connectivity index (χ0) is 19.7. The van der Waals surface area contributed by atoms with Crippen LogP contribution in [0.1, 0.15) is 17.0 Å². The molecule has 0 radical (unpaired) electrons. The standard InChI is InChI=1S/C22H16N2O4/c1-2-11-26-14-9-7-13(8-10-14)18-16(12-23)21(24)28-20-15-5-3-4-6-17(15)27-22(25)19(18)20/h2-10,16,18,24H,1,11H2. The summed E-state index contributed by atoms with van der Waals surface area (Å²) in [5.41, 5.74) is 0.759. The lowest BCUT2D eigenvalue weighted by Gasteiger charge is -2.29. The van der Waals surface area contributed by atoms with E-state index in [1.165, 1.54) is 0 Å². The molecule has 1 aliphatic heterocycles. The van der Waals surface area contributed by atoms with E-state index in [4.69, 9.17) is 19.3 Å². The molecule has 2 aromatic carbocycles. The van der Waals surface area contributed by atoms with Crippen LogP contribution in [0.4, 0.5) is 0 Å². The zero-order valence-electron chi connectivity index (χ0n) is 14.8. The fourth-order valence-electron chi connectivity index (χ4n) is 3.42. The number of fused-ring (bicyclic) bond motifs is 3. The van der Waals surface area contributed by atoms with Crippen molar-refractivity contribution < 1.29 is 13.9 Å². The quantitative estimate of drug-likeness (QED) is 0.551. The predicted molar refractivity (Wildman–Crippen MR) is 104 cm³/mol. The van der Waals surface area contributed by atoms with E-state index in [0.717, 1.165) is 0 Å². The monoisotopic (exact) mass is 372 g/mol. The second-order valence-electron chi connectivity index (χ2n) is 6.35. The first kappa shape index (κ1) is 17.6. The average molecular weight is 372 g/mol. The van der Waals surface area contributed by atoms with Gasteiger partial charge < -0.3 is 13.9 Å². The van der Waals surface area contributed by atoms with Crippen molar-refractivity contribution >= 4 is 16.9 Å². The van der Waals surface area contributed by atoms with Crippen molar-refractivity contribution in [2.75, 3.05) is 6.61 Å². The minimum atomic E-state index is -0.934. The maximum atomic E-state index is 12.8. The summed E-state index contributed by atoms with van der Waals surface area (Å²) in [4.78, 5) is 12.8. The molecule has 2 heterocycles. The van der Waals surface area contributed by atoms with E-state index in [9.17, 15) is 10.1 Å². The number of para-hydroxylation sites is 1. The number of rotatable bonds is 4. The molecule has 0 aliphatic carbocycles. The van der Waals surface area contributed by atoms with Crippen molar-refractivity contribution in [2.45, 2.75) is 5.92 Å². The number of nitrogens with one attached hydrogen (secondary N) is 1. The number of nitriles is 1. The van der Waals surface area contributed by atoms with Crippen LogP contribution in [0.3, 0.4) is 0 Å². The normalized spacial score (nSPS) is 18.0. The summed E-state index contributed by atoms with van der Waals surface area (Å²) in [5, 5.41) is 18.5. The van der Waals surface area contributed by atoms with Gasteiger partial charge in [-0.05, 0) is 29.8 Å². The third kappa shape index (κ3) is 2.83. The summed E-state index contributed by atoms with van der Waals surface area (Å²) in [6, 6.07) is 16.2. The molecular formula is C22H16N2O4. The molecule has 6 heteroatoms. The van der Waals surface area contributed by atoms with Crippen molar-refractivity contribution in [3.05, 3.63) is 82.7 Å². The molecule has 2 atom stereocenters. The van der Waals surface area contributed by atoms with Crippen molar-refractivity contribution in [3.8, 4) is 17.6 Å². The van der Waals surface area contributed by atoms with Gasteiger partial charge in [-0.3, -0.25) is 5.41 Å². The van der Waals surface area contributed by atoms with Gasteiger partial charge in [0.25, 0.3) is 0 Å². The molecule has 6 nitrogen and oxygen atoms in total. The molecule has 1 aliphatic rings. The van der Waals surface area contributed by atoms with Crippen LogP contribution in [0.25, 0.3) is 11.0 Å². The number of nitrogens with zero attached hydrogens (tertiary/aromatic N) is 1. The maximum absolute atomic E-state index is 12.8. The van der Waals surface area contributed by atoms with Crippen LogP contribution >= 0.6 is 0 Å². The topological polar surface area (TPSA) is 96.3 Å². The van der Waals surface area contributed by atoms with Crippen LogP contribution in [0.5, 0.6) is 11.5 Å². The first-order valence-electron chi connectivity index (χ1n) is 8.69. The fraction of sp³-hybridized carbons (Fsp3) is 0.136. The summed E-state index contributed by atoms with van der Waals surface area (Å²) in [5.74, 6) is -0.875. The van der Waals surface area contributed by atoms with Gasteiger partial charge in [-0.25, -0.2) is 4.79 Å². The van der Waals surface area contributed by atoms with Gasteiger partial charge in [-0.1, -0.05) is 36.9 Å². The Morgan fingerprint density at radius 1 is 1.21 bits per heavy atom. The van der Waals surface area contributed by atoms with Gasteiger partial charge in [0.15, 0.2) is 5.75 Å². The summed E-state index contributed by atoms with van der Waals surface area (Å²) in [7, 11) is 0. The van der Waals surface area contributed by atoms with E-state index in [0.29, 0.717) is 28.9 Å². The Labute approximate surface area is 160 Å². The van der Waals surface area contributed by atoms with Crippen LogP contribution < -0.4 is 15.1 Å². The molecule has 138 valence electrons. The largest absolute Gasteiger partial charge is 0.490 e. The lowest BCUT2D eigenvalue weighted by molar-refractivity contribution is 0.363. The van der Waals surface area contributed by atoms with Gasteiger partial charge in [-0.2, -0.15) is 5.26 Å². The predicted octanol–water partition coefficient (Wildman–Crippen LogP) is 4.00. The molecular weight excluding hydrogens is 356 g/mol. The average Bonchev–Trinajstić information content (AvgIpc) is 2.72. The van der Waals surface area contributed by atoms with Gasteiger partial charge in [0, 0.05) is 5.92 Å². The van der Waals surface area contributed by atoms with Crippen LogP contribution in [0.15, 0.2) is 70.4 Å². The molecule has 2 unspecified atom stereocenters. The minimum absolute atomic E-state index is 0.192. The zero-order valence-corrected chi connectivity index (χ0v) is 14.8. The molecule has 0 amide bonds. The van der Waals surface area contributed by atoms with Crippen molar-refractivity contribution in [3.63, 3.8) is 0 Å². The first-order chi connectivity index (χ1) is 13.6. The van der Waals surface area contributed by atoms with E-state index >= 15 is 0 Å². The number of benzene rings is 2. The molecule has 0 saturated carbocycles. The third-order valence-electron chi connectivity index (χ3n) is 4.68. The summed E-state index contributed by atoms with van der Waals surface area (Å²) in [6.45, 7) is 3.99. The minimum Gasteiger partial charge on any atom is -0.490 e. The van der Waals surface area contributed by atoms with E-state index in [1.54, 1.807) is 54.6 Å². The molecule has 1 aromatic heterocycles. The van der Waals surface area contributed by atoms with Gasteiger partial charge in [-0.15, -0.1) is 0 Å². The van der Waals surface area contributed by atoms with E-state index in [-0.39, 0.29) is 17.2 Å². The van der Waals surface area contributed by atoms with Crippen LogP contribution in [-0.4, -0.2) is 12.5 Å². The molecule has 1 N–H and O–H groups in total. The Morgan fingerprint density at radius 2 is 1.96 bits per heavy atom. The third-order valence-corrected chi connectivity index (χ3v) is 4.68. The van der Waals surface area contributed by atoms with E-state index < -0.39 is 17.5 Å². The van der Waals surface area contributed by atoms with Gasteiger partial charge >= 0.3 is 5.63 Å². The summed E-state index contributed by atoms with van der Waals surface area (Å²) >= 11 is 0. The molecule has 28 heavy (non-hydrogen) atoms. The van der Waals surface area contributed by atoms with Crippen LogP contribution in [-0.2, 0) is 0 Å². The van der Waals surface area contributed by atoms with Crippen molar-refractivity contribution in [1.82, 2.24) is 0 Å². The highest BCUT2D eigenvalue weighted by molar-refractivity contribution is 5.93. The van der Waals surface area contributed by atoms with E-state index in [2.05, 4.69) is 12.6 Å². The molecule has 0 spiro atoms. The Bertz CT molecular complexity index is 1170. The summed E-state index contributed by atoms with van der Waals surface area (Å²) < 4.78 is 16.6. The highest BCUT2D eigenvalue weighted by Crippen LogP contribution is 2.43. The van der Waals surface area contributed by atoms with Crippen molar-refractivity contribution in [1.29, 1.82) is 10.7 Å². The number of hydrogen-bond acceptors (Lipinski definition) is 6. The second kappa shape index (κ2) is 7.05. The van der Waals surface area contributed by atoms with Crippen LogP contribution in [0.2, 0.25) is 0 Å². The van der Waals surface area contributed by atoms with E-state index in [1.807, 2.05) is 0 Å². The number of ether oxygens (including phenoxy) is 2. The van der Waals surface area contributed by atoms with Gasteiger partial charge in [0.1, 0.15) is 23.9 Å². The van der Waals surface area contributed by atoms with Crippen LogP contribution in [0, 0.1) is 22.7 Å². The molecule has 0 saturated heterocycles. The van der Waals surface area contributed by atoms with Crippen molar-refractivity contribution in [2.24, 2.45) is 5.92 Å². The Morgan fingerprint density at radius 3 is 2.68 bits per heavy atom. The highest BCUT2D eigenvalue weighted by Gasteiger charge is 2.40. The molecule has 0 bridgehead atoms. The molecule has 0 fully saturated rings. The lowest BCUT2D eigenvalue weighted by Crippen LogP contribution is -2.34. The molecule has 3 aromatic rings. The highest BCUT2D eigenvalue weighted by atomic mass is 16.5. The Balaban J connectivity index is 1.90. The first-order valence-corrected chi connectivity index (χ1v) is 8.69. The number of hydrogen-bond donors (Lipinski definition) is 1. The maximum Gasteiger partial charge on any atom is 0.343 e. The SMILES string of the molecule is C=CCOc1ccc(C2c3c(c4ccccc4oc3=O)OC(=N)C2C#N)cc1. The Kier molecular flexibility index (Phi) is 4.42. The van der Waals surface area contributed by atoms with Gasteiger partial charge in [0.2, 0.25) is 5.90 Å². The molecule has 4 rings (SSSR count). The lowest BCUT2D eigenvalue weighted by atomic mass is 9.79. The van der Waals surface area contributed by atoms with Gasteiger partial charge in [0.05, 0.1) is 17.0 Å². The smallest absolute Gasteiger partial charge is 0.343 e. The second-order valence-corrected chi connectivity index (χ2v) is 6.35. The fourth-order valence-corrected chi connectivity index (χ4v) is 3.42. The Hall–Kier alpha value is -3.85. The summed E-state index contributed by atoms with van der Waals surface area (Å²) in [6.07, 6.45) is 1.64.